The van der Waals surface area contributed by atoms with E-state index in [0.717, 1.165) is 0 Å². The minimum Gasteiger partial charge on any atom is -0.497 e. The molecule has 1 aromatic rings. The van der Waals surface area contributed by atoms with Crippen molar-refractivity contribution in [3.8, 4) is 5.75 Å². The molecule has 1 rings (SSSR count). The zero-order valence-electron chi connectivity index (χ0n) is 10.8. The molecule has 0 fully saturated rings. The first-order chi connectivity index (χ1) is 8.90. The van der Waals surface area contributed by atoms with Gasteiger partial charge in [-0.1, -0.05) is 0 Å². The Kier molecular flexibility index (Phi) is 5.28. The van der Waals surface area contributed by atoms with Crippen LogP contribution in [-0.2, 0) is 19.7 Å². The van der Waals surface area contributed by atoms with Crippen LogP contribution < -0.4 is 14.9 Å². The Morgan fingerprint density at radius 3 is 2.26 bits per heavy atom. The lowest BCUT2D eigenvalue weighted by Gasteiger charge is -2.13. The molecular weight excluding hydrogens is 272 g/mol. The maximum atomic E-state index is 12.0. The summed E-state index contributed by atoms with van der Waals surface area (Å²) in [5, 5.41) is 0. The highest BCUT2D eigenvalue weighted by atomic mass is 32.2. The molecule has 19 heavy (non-hydrogen) atoms. The van der Waals surface area contributed by atoms with Crippen LogP contribution in [-0.4, -0.2) is 34.6 Å². The molecule has 1 unspecified atom stereocenters. The van der Waals surface area contributed by atoms with Crippen LogP contribution in [0.4, 0.5) is 0 Å². The molecule has 0 heterocycles. The average molecular weight is 288 g/mol. The van der Waals surface area contributed by atoms with Gasteiger partial charge in [0, 0.05) is 0 Å². The molecule has 0 bridgehead atoms. The van der Waals surface area contributed by atoms with Gasteiger partial charge in [-0.2, -0.15) is 4.72 Å². The van der Waals surface area contributed by atoms with Crippen LogP contribution >= 0.6 is 0 Å². The van der Waals surface area contributed by atoms with E-state index in [9.17, 15) is 13.2 Å². The Hall–Kier alpha value is -1.64. The monoisotopic (exact) mass is 288 g/mol. The van der Waals surface area contributed by atoms with Crippen LogP contribution in [0.1, 0.15) is 6.92 Å². The quantitative estimate of drug-likeness (QED) is 0.721. The van der Waals surface area contributed by atoms with Crippen LogP contribution in [0, 0.1) is 0 Å². The number of nitrogens with one attached hydrogen (secondary N) is 2. The van der Waals surface area contributed by atoms with E-state index in [-0.39, 0.29) is 4.90 Å². The third-order valence-electron chi connectivity index (χ3n) is 2.30. The lowest BCUT2D eigenvalue weighted by Crippen LogP contribution is -2.44. The summed E-state index contributed by atoms with van der Waals surface area (Å²) >= 11 is 0. The van der Waals surface area contributed by atoms with Crippen LogP contribution in [0.15, 0.2) is 29.2 Å². The van der Waals surface area contributed by atoms with E-state index in [2.05, 4.69) is 15.0 Å². The molecule has 0 saturated heterocycles. The van der Waals surface area contributed by atoms with E-state index in [4.69, 9.17) is 4.74 Å². The fraction of sp³-hybridized carbons (Fsp3) is 0.364. The molecule has 0 aliphatic heterocycles. The van der Waals surface area contributed by atoms with Crippen LogP contribution in [0.5, 0.6) is 5.75 Å². The summed E-state index contributed by atoms with van der Waals surface area (Å²) in [5.74, 6) is -0.0382. The number of hydroxylamine groups is 1. The van der Waals surface area contributed by atoms with Crippen molar-refractivity contribution in [1.82, 2.24) is 10.2 Å². The number of carbonyl (C=O) groups is 1. The van der Waals surface area contributed by atoms with Crippen molar-refractivity contribution in [3.05, 3.63) is 24.3 Å². The lowest BCUT2D eigenvalue weighted by atomic mass is 10.3. The molecule has 1 atom stereocenters. The average Bonchev–Trinajstić information content (AvgIpc) is 2.38. The molecule has 0 aliphatic carbocycles. The fourth-order valence-electron chi connectivity index (χ4n) is 1.30. The third-order valence-corrected chi connectivity index (χ3v) is 3.85. The summed E-state index contributed by atoms with van der Waals surface area (Å²) in [7, 11) is -1.02. The minimum absolute atomic E-state index is 0.0466. The zero-order chi connectivity index (χ0) is 14.5. The van der Waals surface area contributed by atoms with E-state index in [1.807, 2.05) is 0 Å². The Morgan fingerprint density at radius 2 is 1.79 bits per heavy atom. The number of carbonyl (C=O) groups excluding carboxylic acids is 1. The normalized spacial score (nSPS) is 12.8. The van der Waals surface area contributed by atoms with Crippen molar-refractivity contribution in [3.63, 3.8) is 0 Å². The first-order valence-corrected chi connectivity index (χ1v) is 6.88. The summed E-state index contributed by atoms with van der Waals surface area (Å²) in [6.07, 6.45) is 0. The Morgan fingerprint density at radius 1 is 1.21 bits per heavy atom. The molecule has 1 amide bonds. The van der Waals surface area contributed by atoms with Gasteiger partial charge in [-0.15, -0.1) is 0 Å². The van der Waals surface area contributed by atoms with Gasteiger partial charge in [0.1, 0.15) is 11.8 Å². The number of ether oxygens (including phenoxy) is 1. The van der Waals surface area contributed by atoms with Gasteiger partial charge in [0.05, 0.1) is 19.1 Å². The molecule has 7 nitrogen and oxygen atoms in total. The minimum atomic E-state index is -3.77. The largest absolute Gasteiger partial charge is 0.497 e. The second kappa shape index (κ2) is 6.50. The molecule has 1 aromatic carbocycles. The number of hydrogen-bond acceptors (Lipinski definition) is 5. The maximum Gasteiger partial charge on any atom is 0.261 e. The second-order valence-electron chi connectivity index (χ2n) is 3.69. The van der Waals surface area contributed by atoms with Gasteiger partial charge < -0.3 is 4.74 Å². The molecule has 0 radical (unpaired) electrons. The number of sulfonamides is 1. The molecule has 0 saturated carbocycles. The van der Waals surface area contributed by atoms with Gasteiger partial charge in [0.25, 0.3) is 5.91 Å². The van der Waals surface area contributed by atoms with Gasteiger partial charge in [0.2, 0.25) is 10.0 Å². The number of rotatable bonds is 6. The van der Waals surface area contributed by atoms with E-state index in [1.165, 1.54) is 45.4 Å². The van der Waals surface area contributed by atoms with Crippen LogP contribution in [0.3, 0.4) is 0 Å². The number of amides is 1. The highest BCUT2D eigenvalue weighted by molar-refractivity contribution is 7.89. The molecule has 106 valence electrons. The Labute approximate surface area is 111 Å². The number of hydrogen-bond donors (Lipinski definition) is 2. The first kappa shape index (κ1) is 15.4. The van der Waals surface area contributed by atoms with Gasteiger partial charge in [0.15, 0.2) is 0 Å². The van der Waals surface area contributed by atoms with Crippen molar-refractivity contribution in [1.29, 1.82) is 0 Å². The summed E-state index contributed by atoms with van der Waals surface area (Å²) in [5.41, 5.74) is 2.05. The summed E-state index contributed by atoms with van der Waals surface area (Å²) < 4.78 is 31.1. The molecule has 8 heteroatoms. The molecule has 0 aromatic heterocycles. The fourth-order valence-corrected chi connectivity index (χ4v) is 2.50. The standard InChI is InChI=1S/C11H16N2O5S/c1-8(11(14)12-18-3)13-19(15,16)10-6-4-9(17-2)5-7-10/h4-8,13H,1-3H3,(H,12,14). The van der Waals surface area contributed by atoms with Crippen molar-refractivity contribution in [2.75, 3.05) is 14.2 Å². The van der Waals surface area contributed by atoms with Gasteiger partial charge in [-0.25, -0.2) is 13.9 Å². The van der Waals surface area contributed by atoms with Crippen LogP contribution in [0.2, 0.25) is 0 Å². The highest BCUT2D eigenvalue weighted by Gasteiger charge is 2.21. The van der Waals surface area contributed by atoms with E-state index < -0.39 is 22.0 Å². The third kappa shape index (κ3) is 4.19. The predicted octanol–water partition coefficient (Wildman–Crippen LogP) is 0.0396. The van der Waals surface area contributed by atoms with Gasteiger partial charge >= 0.3 is 0 Å². The summed E-state index contributed by atoms with van der Waals surface area (Å²) in [4.78, 5) is 15.8. The molecule has 2 N–H and O–H groups in total. The lowest BCUT2D eigenvalue weighted by molar-refractivity contribution is -0.132. The molecule has 0 aliphatic rings. The SMILES string of the molecule is CONC(=O)C(C)NS(=O)(=O)c1ccc(OC)cc1. The maximum absolute atomic E-state index is 12.0. The topological polar surface area (TPSA) is 93.7 Å². The highest BCUT2D eigenvalue weighted by Crippen LogP contribution is 2.15. The molecular formula is C11H16N2O5S. The number of methoxy groups -OCH3 is 1. The van der Waals surface area contributed by atoms with E-state index in [1.54, 1.807) is 0 Å². The van der Waals surface area contributed by atoms with Gasteiger partial charge in [-0.3, -0.25) is 9.63 Å². The molecule has 0 spiro atoms. The smallest absolute Gasteiger partial charge is 0.261 e. The summed E-state index contributed by atoms with van der Waals surface area (Å²) in [6, 6.07) is 4.87. The van der Waals surface area contributed by atoms with Crippen molar-refractivity contribution < 1.29 is 22.8 Å². The number of benzene rings is 1. The summed E-state index contributed by atoms with van der Waals surface area (Å²) in [6.45, 7) is 1.41. The van der Waals surface area contributed by atoms with E-state index >= 15 is 0 Å². The van der Waals surface area contributed by atoms with Gasteiger partial charge in [-0.05, 0) is 31.2 Å². The second-order valence-corrected chi connectivity index (χ2v) is 5.40. The first-order valence-electron chi connectivity index (χ1n) is 5.40. The van der Waals surface area contributed by atoms with Crippen molar-refractivity contribution in [2.45, 2.75) is 17.9 Å². The Balaban J connectivity index is 2.82. The van der Waals surface area contributed by atoms with Crippen LogP contribution in [0.25, 0.3) is 0 Å². The van der Waals surface area contributed by atoms with Crippen molar-refractivity contribution in [2.24, 2.45) is 0 Å². The predicted molar refractivity (Wildman–Crippen MR) is 67.9 cm³/mol. The zero-order valence-corrected chi connectivity index (χ0v) is 11.7. The Bertz CT molecular complexity index is 527. The van der Waals surface area contributed by atoms with E-state index in [0.29, 0.717) is 5.75 Å². The van der Waals surface area contributed by atoms with Crippen molar-refractivity contribution >= 4 is 15.9 Å².